The third-order valence-electron chi connectivity index (χ3n) is 3.58. The lowest BCUT2D eigenvalue weighted by Gasteiger charge is -2.05. The molecule has 6 heteroatoms. The number of thioether (sulfide) groups is 1. The van der Waals surface area contributed by atoms with Crippen LogP contribution in [0, 0.1) is 0 Å². The number of rotatable bonds is 6. The summed E-state index contributed by atoms with van der Waals surface area (Å²) >= 11 is 1.48. The summed E-state index contributed by atoms with van der Waals surface area (Å²) in [6, 6.07) is 16.7. The van der Waals surface area contributed by atoms with Gasteiger partial charge in [0.1, 0.15) is 5.58 Å². The Bertz CT molecular complexity index is 853. The van der Waals surface area contributed by atoms with E-state index in [2.05, 4.69) is 10.1 Å². The molecule has 0 radical (unpaired) electrons. The maximum absolute atomic E-state index is 12.3. The van der Waals surface area contributed by atoms with Gasteiger partial charge in [0.15, 0.2) is 5.76 Å². The number of fused-ring (bicyclic) bond motifs is 1. The van der Waals surface area contributed by atoms with Crippen molar-refractivity contribution >= 4 is 40.3 Å². The molecule has 0 aliphatic rings. The number of carbonyl (C=O) groups is 2. The Morgan fingerprint density at radius 3 is 2.60 bits per heavy atom. The lowest BCUT2D eigenvalue weighted by molar-refractivity contribution is -0.137. The Balaban J connectivity index is 1.59. The van der Waals surface area contributed by atoms with Crippen LogP contribution in [0.1, 0.15) is 16.1 Å². The summed E-state index contributed by atoms with van der Waals surface area (Å²) in [7, 11) is 1.38. The monoisotopic (exact) mass is 355 g/mol. The second-order valence-electron chi connectivity index (χ2n) is 5.37. The van der Waals surface area contributed by atoms with E-state index in [-0.39, 0.29) is 17.6 Å². The quantitative estimate of drug-likeness (QED) is 0.675. The lowest BCUT2D eigenvalue weighted by atomic mass is 10.2. The third kappa shape index (κ3) is 4.42. The van der Waals surface area contributed by atoms with Crippen LogP contribution >= 0.6 is 11.8 Å². The van der Waals surface area contributed by atoms with Crippen molar-refractivity contribution in [3.63, 3.8) is 0 Å². The second-order valence-corrected chi connectivity index (χ2v) is 6.35. The lowest BCUT2D eigenvalue weighted by Crippen LogP contribution is -2.10. The van der Waals surface area contributed by atoms with Gasteiger partial charge in [0.2, 0.25) is 0 Å². The summed E-state index contributed by atoms with van der Waals surface area (Å²) in [6.07, 6.45) is 0. The molecular formula is C19H17NO4S. The predicted octanol–water partition coefficient (Wildman–Crippen LogP) is 4.09. The minimum absolute atomic E-state index is 0.236. The number of furan rings is 1. The molecule has 0 spiro atoms. The number of esters is 1. The Hall–Kier alpha value is -2.73. The van der Waals surface area contributed by atoms with Gasteiger partial charge in [0.25, 0.3) is 5.91 Å². The fourth-order valence-electron chi connectivity index (χ4n) is 2.28. The first-order valence-electron chi connectivity index (χ1n) is 7.69. The Morgan fingerprint density at radius 2 is 1.88 bits per heavy atom. The van der Waals surface area contributed by atoms with Crippen LogP contribution in [0.5, 0.6) is 0 Å². The van der Waals surface area contributed by atoms with Gasteiger partial charge in [0.05, 0.1) is 12.9 Å². The highest BCUT2D eigenvalue weighted by atomic mass is 32.2. The van der Waals surface area contributed by atoms with Gasteiger partial charge in [-0.2, -0.15) is 0 Å². The Labute approximate surface area is 149 Å². The highest BCUT2D eigenvalue weighted by Crippen LogP contribution is 2.20. The summed E-state index contributed by atoms with van der Waals surface area (Å²) in [5.74, 6) is 0.774. The molecule has 5 nitrogen and oxygen atoms in total. The molecule has 0 saturated carbocycles. The van der Waals surface area contributed by atoms with E-state index in [9.17, 15) is 9.59 Å². The average Bonchev–Trinajstić information content (AvgIpc) is 3.07. The van der Waals surface area contributed by atoms with Crippen molar-refractivity contribution in [3.05, 3.63) is 65.9 Å². The van der Waals surface area contributed by atoms with Gasteiger partial charge in [-0.15, -0.1) is 11.8 Å². The van der Waals surface area contributed by atoms with Gasteiger partial charge in [-0.3, -0.25) is 9.59 Å². The first kappa shape index (κ1) is 17.1. The van der Waals surface area contributed by atoms with Crippen molar-refractivity contribution in [1.82, 2.24) is 0 Å². The van der Waals surface area contributed by atoms with Crippen molar-refractivity contribution in [3.8, 4) is 0 Å². The molecule has 0 unspecified atom stereocenters. The van der Waals surface area contributed by atoms with Gasteiger partial charge in [-0.1, -0.05) is 30.3 Å². The second kappa shape index (κ2) is 7.90. The molecule has 0 fully saturated rings. The predicted molar refractivity (Wildman–Crippen MR) is 98.8 cm³/mol. The number of carbonyl (C=O) groups excluding carboxylic acids is 2. The first-order chi connectivity index (χ1) is 12.2. The van der Waals surface area contributed by atoms with Crippen LogP contribution < -0.4 is 5.32 Å². The zero-order chi connectivity index (χ0) is 17.6. The normalized spacial score (nSPS) is 10.6. The van der Waals surface area contributed by atoms with Crippen LogP contribution in [0.4, 0.5) is 5.69 Å². The molecular weight excluding hydrogens is 338 g/mol. The van der Waals surface area contributed by atoms with Crippen molar-refractivity contribution in [2.24, 2.45) is 0 Å². The highest BCUT2D eigenvalue weighted by molar-refractivity contribution is 7.99. The molecule has 2 aromatic carbocycles. The average molecular weight is 355 g/mol. The van der Waals surface area contributed by atoms with Crippen LogP contribution in [0.25, 0.3) is 11.0 Å². The van der Waals surface area contributed by atoms with E-state index >= 15 is 0 Å². The molecule has 1 heterocycles. The van der Waals surface area contributed by atoms with Gasteiger partial charge in [-0.05, 0) is 29.8 Å². The van der Waals surface area contributed by atoms with Gasteiger partial charge in [-0.25, -0.2) is 0 Å². The molecule has 0 saturated heterocycles. The summed E-state index contributed by atoms with van der Waals surface area (Å²) in [4.78, 5) is 23.4. The van der Waals surface area contributed by atoms with Crippen LogP contribution in [-0.2, 0) is 15.3 Å². The molecule has 3 rings (SSSR count). The summed E-state index contributed by atoms with van der Waals surface area (Å²) in [5, 5.41) is 3.71. The topological polar surface area (TPSA) is 68.5 Å². The Kier molecular flexibility index (Phi) is 5.40. The van der Waals surface area contributed by atoms with Crippen LogP contribution in [0.15, 0.2) is 59.0 Å². The van der Waals surface area contributed by atoms with Crippen molar-refractivity contribution in [2.45, 2.75) is 5.75 Å². The van der Waals surface area contributed by atoms with Crippen molar-refractivity contribution in [2.75, 3.05) is 18.2 Å². The molecule has 0 bridgehead atoms. The van der Waals surface area contributed by atoms with Crippen molar-refractivity contribution in [1.29, 1.82) is 0 Å². The molecule has 0 aliphatic heterocycles. The van der Waals surface area contributed by atoms with E-state index in [1.165, 1.54) is 18.9 Å². The number of anilines is 1. The highest BCUT2D eigenvalue weighted by Gasteiger charge is 2.12. The van der Waals surface area contributed by atoms with E-state index in [0.717, 1.165) is 10.9 Å². The van der Waals surface area contributed by atoms with E-state index in [1.54, 1.807) is 6.07 Å². The zero-order valence-corrected chi connectivity index (χ0v) is 14.5. The number of benzene rings is 2. The Morgan fingerprint density at radius 1 is 1.12 bits per heavy atom. The van der Waals surface area contributed by atoms with Crippen LogP contribution in [-0.4, -0.2) is 24.7 Å². The fourth-order valence-corrected chi connectivity index (χ4v) is 3.10. The largest absolute Gasteiger partial charge is 0.468 e. The van der Waals surface area contributed by atoms with Crippen molar-refractivity contribution < 1.29 is 18.7 Å². The van der Waals surface area contributed by atoms with Crippen LogP contribution in [0.2, 0.25) is 0 Å². The maximum atomic E-state index is 12.3. The van der Waals surface area contributed by atoms with Gasteiger partial charge >= 0.3 is 5.97 Å². The standard InChI is InChI=1S/C19H17NO4S/c1-23-18(21)12-25-11-13-6-8-15(9-7-13)20-19(22)17-10-14-4-2-3-5-16(14)24-17/h2-10H,11-12H2,1H3,(H,20,22). The number of hydrogen-bond donors (Lipinski definition) is 1. The summed E-state index contributed by atoms with van der Waals surface area (Å²) in [6.45, 7) is 0. The zero-order valence-electron chi connectivity index (χ0n) is 13.7. The molecule has 1 amide bonds. The smallest absolute Gasteiger partial charge is 0.315 e. The fraction of sp³-hybridized carbons (Fsp3) is 0.158. The first-order valence-corrected chi connectivity index (χ1v) is 8.84. The number of ether oxygens (including phenoxy) is 1. The molecule has 128 valence electrons. The third-order valence-corrected chi connectivity index (χ3v) is 4.55. The molecule has 1 N–H and O–H groups in total. The molecule has 3 aromatic rings. The maximum Gasteiger partial charge on any atom is 0.315 e. The molecule has 0 atom stereocenters. The van der Waals surface area contributed by atoms with Crippen LogP contribution in [0.3, 0.4) is 0 Å². The van der Waals surface area contributed by atoms with Gasteiger partial charge < -0.3 is 14.5 Å². The van der Waals surface area contributed by atoms with E-state index < -0.39 is 0 Å². The molecule has 1 aromatic heterocycles. The summed E-state index contributed by atoms with van der Waals surface area (Å²) < 4.78 is 10.2. The molecule has 0 aliphatic carbocycles. The molecule has 25 heavy (non-hydrogen) atoms. The van der Waals surface area contributed by atoms with E-state index in [1.807, 2.05) is 48.5 Å². The minimum Gasteiger partial charge on any atom is -0.468 e. The number of amides is 1. The SMILES string of the molecule is COC(=O)CSCc1ccc(NC(=O)c2cc3ccccc3o2)cc1. The van der Waals surface area contributed by atoms with E-state index in [0.29, 0.717) is 22.8 Å². The number of para-hydroxylation sites is 1. The minimum atomic E-state index is -0.288. The van der Waals surface area contributed by atoms with Gasteiger partial charge in [0, 0.05) is 16.8 Å². The number of methoxy groups -OCH3 is 1. The summed E-state index contributed by atoms with van der Waals surface area (Å²) in [5.41, 5.74) is 2.44. The number of nitrogens with one attached hydrogen (secondary N) is 1. The van der Waals surface area contributed by atoms with E-state index in [4.69, 9.17) is 4.42 Å². The number of hydrogen-bond acceptors (Lipinski definition) is 5.